The minimum Gasteiger partial charge on any atom is -0.758 e. The van der Waals surface area contributed by atoms with E-state index in [1.807, 2.05) is 32.1 Å². The number of nitrogens with one attached hydrogen (secondary N) is 2. The number of hydrogen-bond donors (Lipinski definition) is 4. The molecular weight excluding hydrogens is 360 g/mol. The lowest BCUT2D eigenvalue weighted by atomic mass is 9.95. The molecule has 3 rings (SSSR count). The molecular formula is C20H27N4O4-. The monoisotopic (exact) mass is 387 g/mol. The average Bonchev–Trinajstić information content (AvgIpc) is 3.28. The van der Waals surface area contributed by atoms with Crippen LogP contribution in [-0.4, -0.2) is 59.4 Å². The van der Waals surface area contributed by atoms with Gasteiger partial charge in [-0.15, -0.1) is 0 Å². The molecule has 0 saturated heterocycles. The average molecular weight is 387 g/mol. The zero-order chi connectivity index (χ0) is 20.1. The van der Waals surface area contributed by atoms with Crippen LogP contribution in [0.2, 0.25) is 0 Å². The topological polar surface area (TPSA) is 117 Å². The van der Waals surface area contributed by atoms with Crippen LogP contribution >= 0.6 is 0 Å². The van der Waals surface area contributed by atoms with Crippen molar-refractivity contribution < 1.29 is 14.9 Å². The number of aromatic amines is 1. The summed E-state index contributed by atoms with van der Waals surface area (Å²) in [6.45, 7) is 5.33. The molecule has 0 spiro atoms. The molecule has 0 aliphatic carbocycles. The molecule has 8 nitrogen and oxygen atoms in total. The van der Waals surface area contributed by atoms with E-state index in [0.717, 1.165) is 21.9 Å². The van der Waals surface area contributed by atoms with Gasteiger partial charge in [0.2, 0.25) is 0 Å². The highest BCUT2D eigenvalue weighted by Gasteiger charge is 2.20. The molecule has 1 atom stereocenters. The molecule has 1 aliphatic rings. The first-order valence-electron chi connectivity index (χ1n) is 9.29. The summed E-state index contributed by atoms with van der Waals surface area (Å²) >= 11 is 0. The Morgan fingerprint density at radius 2 is 2.25 bits per heavy atom. The van der Waals surface area contributed by atoms with Gasteiger partial charge in [-0.3, -0.25) is 5.10 Å². The Hall–Kier alpha value is -2.39. The van der Waals surface area contributed by atoms with Crippen LogP contribution in [0.15, 0.2) is 30.5 Å². The largest absolute Gasteiger partial charge is 0.758 e. The normalized spacial score (nSPS) is 16.5. The molecule has 0 bridgehead atoms. The highest BCUT2D eigenvalue weighted by atomic mass is 16.5. The molecule has 1 unspecified atom stereocenters. The number of hydroxylamine groups is 1. The maximum Gasteiger partial charge on any atom is 0.120 e. The number of nitrogens with zero attached hydrogens (tertiary/aromatic N) is 2. The third kappa shape index (κ3) is 5.11. The van der Waals surface area contributed by atoms with E-state index in [2.05, 4.69) is 15.5 Å². The second-order valence-corrected chi connectivity index (χ2v) is 7.82. The summed E-state index contributed by atoms with van der Waals surface area (Å²) in [4.78, 5) is 0. The summed E-state index contributed by atoms with van der Waals surface area (Å²) in [5.74, 6) is 0.597. The Bertz CT molecular complexity index is 805. The highest BCUT2D eigenvalue weighted by Crippen LogP contribution is 2.38. The lowest BCUT2D eigenvalue weighted by molar-refractivity contribution is 0.0980. The second kappa shape index (κ2) is 8.74. The number of H-pyrrole nitrogens is 1. The number of ether oxygens (including phenoxy) is 1. The second-order valence-electron chi connectivity index (χ2n) is 7.82. The quantitative estimate of drug-likeness (QED) is 0.516. The Morgan fingerprint density at radius 1 is 1.43 bits per heavy atom. The van der Waals surface area contributed by atoms with Gasteiger partial charge in [0.15, 0.2) is 0 Å². The molecule has 2 aromatic rings. The van der Waals surface area contributed by atoms with Crippen molar-refractivity contribution in [2.45, 2.75) is 20.0 Å². The Labute approximate surface area is 164 Å². The van der Waals surface area contributed by atoms with Gasteiger partial charge in [-0.05, 0) is 35.9 Å². The Kier molecular flexibility index (Phi) is 6.35. The van der Waals surface area contributed by atoms with Crippen molar-refractivity contribution in [2.24, 2.45) is 5.41 Å². The van der Waals surface area contributed by atoms with Crippen LogP contribution in [-0.2, 0) is 0 Å². The minimum absolute atomic E-state index is 0.0762. The zero-order valence-electron chi connectivity index (χ0n) is 16.2. The van der Waals surface area contributed by atoms with Crippen LogP contribution < -0.4 is 15.1 Å². The predicted octanol–water partition coefficient (Wildman–Crippen LogP) is 1.62. The molecule has 2 heterocycles. The molecule has 1 aliphatic heterocycles. The van der Waals surface area contributed by atoms with E-state index in [4.69, 9.17) is 4.74 Å². The van der Waals surface area contributed by atoms with Gasteiger partial charge >= 0.3 is 0 Å². The molecule has 4 N–H and O–H groups in total. The smallest absolute Gasteiger partial charge is 0.120 e. The zero-order valence-corrected chi connectivity index (χ0v) is 16.2. The van der Waals surface area contributed by atoms with E-state index in [0.29, 0.717) is 24.5 Å². The molecule has 0 fully saturated rings. The van der Waals surface area contributed by atoms with Gasteiger partial charge in [-0.1, -0.05) is 13.8 Å². The predicted molar refractivity (Wildman–Crippen MR) is 109 cm³/mol. The van der Waals surface area contributed by atoms with Crippen molar-refractivity contribution in [2.75, 3.05) is 37.9 Å². The van der Waals surface area contributed by atoms with Crippen LogP contribution in [0.4, 0.5) is 5.69 Å². The van der Waals surface area contributed by atoms with E-state index >= 15 is 0 Å². The van der Waals surface area contributed by atoms with Gasteiger partial charge < -0.3 is 30.5 Å². The SMILES string of the molecule is CC(C)(CO)CNCC(O)COc1ccc2c(c1)C(=Cc1ccn[nH]1)CN2[O-]. The van der Waals surface area contributed by atoms with Crippen LogP contribution in [0.3, 0.4) is 0 Å². The number of rotatable bonds is 9. The molecule has 1 aromatic heterocycles. The third-order valence-electron chi connectivity index (χ3n) is 4.60. The van der Waals surface area contributed by atoms with Gasteiger partial charge in [-0.25, -0.2) is 0 Å². The van der Waals surface area contributed by atoms with E-state index in [9.17, 15) is 15.4 Å². The lowest BCUT2D eigenvalue weighted by Crippen LogP contribution is -2.38. The summed E-state index contributed by atoms with van der Waals surface area (Å²) in [7, 11) is 0. The van der Waals surface area contributed by atoms with Gasteiger partial charge in [0.1, 0.15) is 18.5 Å². The highest BCUT2D eigenvalue weighted by molar-refractivity contribution is 5.93. The third-order valence-corrected chi connectivity index (χ3v) is 4.60. The molecule has 0 saturated carbocycles. The molecule has 0 amide bonds. The molecule has 0 radical (unpaired) electrons. The molecule has 28 heavy (non-hydrogen) atoms. The van der Waals surface area contributed by atoms with Gasteiger partial charge in [0.05, 0.1) is 5.69 Å². The fourth-order valence-corrected chi connectivity index (χ4v) is 2.95. The number of aliphatic hydroxyl groups excluding tert-OH is 2. The summed E-state index contributed by atoms with van der Waals surface area (Å²) in [5.41, 5.74) is 2.90. The van der Waals surface area contributed by atoms with E-state index in [-0.39, 0.29) is 25.2 Å². The van der Waals surface area contributed by atoms with Crippen LogP contribution in [0.1, 0.15) is 25.1 Å². The first-order chi connectivity index (χ1) is 13.4. The standard InChI is InChI=1S/C20H27N4O4/c1-20(2,13-25)12-21-9-16(26)11-28-17-3-4-19-18(8-17)14(10-24(19)27)7-15-5-6-22-23-15/h3-8,16,21,25-26H,9-13H2,1-2H3,(H,22,23)/q-1. The van der Waals surface area contributed by atoms with Crippen LogP contribution in [0.5, 0.6) is 5.75 Å². The number of anilines is 1. The number of aliphatic hydroxyl groups is 2. The van der Waals surface area contributed by atoms with Crippen molar-refractivity contribution >= 4 is 17.3 Å². The van der Waals surface area contributed by atoms with Crippen molar-refractivity contribution in [1.82, 2.24) is 15.5 Å². The van der Waals surface area contributed by atoms with Crippen LogP contribution in [0, 0.1) is 10.6 Å². The van der Waals surface area contributed by atoms with E-state index < -0.39 is 6.10 Å². The molecule has 8 heteroatoms. The van der Waals surface area contributed by atoms with Gasteiger partial charge in [0, 0.05) is 49.1 Å². The lowest BCUT2D eigenvalue weighted by Gasteiger charge is -2.24. The minimum atomic E-state index is -0.682. The molecule has 152 valence electrons. The fraction of sp³-hybridized carbons (Fsp3) is 0.450. The molecule has 1 aromatic carbocycles. The number of fused-ring (bicyclic) bond motifs is 1. The Balaban J connectivity index is 1.59. The first kappa shape index (κ1) is 20.3. The summed E-state index contributed by atoms with van der Waals surface area (Å²) in [6.07, 6.45) is 2.88. The summed E-state index contributed by atoms with van der Waals surface area (Å²) in [6, 6.07) is 7.13. The van der Waals surface area contributed by atoms with Gasteiger partial charge in [-0.2, -0.15) is 5.10 Å². The van der Waals surface area contributed by atoms with E-state index in [1.54, 1.807) is 18.3 Å². The number of aromatic nitrogens is 2. The Morgan fingerprint density at radius 3 is 2.96 bits per heavy atom. The van der Waals surface area contributed by atoms with Gasteiger partial charge in [0.25, 0.3) is 0 Å². The maximum absolute atomic E-state index is 12.1. The summed E-state index contributed by atoms with van der Waals surface area (Å²) in [5, 5.41) is 42.4. The summed E-state index contributed by atoms with van der Waals surface area (Å²) < 4.78 is 5.71. The number of benzene rings is 1. The van der Waals surface area contributed by atoms with Crippen molar-refractivity contribution in [1.29, 1.82) is 0 Å². The van der Waals surface area contributed by atoms with E-state index in [1.165, 1.54) is 0 Å². The van der Waals surface area contributed by atoms with Crippen molar-refractivity contribution in [3.8, 4) is 5.75 Å². The van der Waals surface area contributed by atoms with Crippen LogP contribution in [0.25, 0.3) is 11.6 Å². The van der Waals surface area contributed by atoms with Crippen molar-refractivity contribution in [3.05, 3.63) is 46.9 Å². The number of hydrogen-bond acceptors (Lipinski definition) is 7. The maximum atomic E-state index is 12.1. The van der Waals surface area contributed by atoms with Crippen molar-refractivity contribution in [3.63, 3.8) is 0 Å². The first-order valence-corrected chi connectivity index (χ1v) is 9.29. The fourth-order valence-electron chi connectivity index (χ4n) is 2.95.